The van der Waals surface area contributed by atoms with Crippen LogP contribution in [0.5, 0.6) is 0 Å². The maximum atomic E-state index is 13.6. The number of nitrogens with zero attached hydrogens (tertiary/aromatic N) is 4. The fourth-order valence-electron chi connectivity index (χ4n) is 4.44. The second-order valence-electron chi connectivity index (χ2n) is 9.08. The Morgan fingerprint density at radius 2 is 1.69 bits per heavy atom. The van der Waals surface area contributed by atoms with E-state index in [1.807, 2.05) is 29.2 Å². The van der Waals surface area contributed by atoms with Crippen LogP contribution in [0.25, 0.3) is 0 Å². The molecule has 166 valence electrons. The van der Waals surface area contributed by atoms with Crippen molar-refractivity contribution in [3.8, 4) is 0 Å². The number of rotatable bonds is 8. The molecular weight excluding hydrogens is 398 g/mol. The molecule has 5 rings (SSSR count). The van der Waals surface area contributed by atoms with Crippen LogP contribution >= 0.6 is 0 Å². The van der Waals surface area contributed by atoms with Gasteiger partial charge in [-0.2, -0.15) is 0 Å². The molecule has 6 heteroatoms. The minimum atomic E-state index is 0.109. The number of imidazole rings is 1. The van der Waals surface area contributed by atoms with Gasteiger partial charge < -0.3 is 14.8 Å². The summed E-state index contributed by atoms with van der Waals surface area (Å²) in [5, 5.41) is 3.44. The maximum absolute atomic E-state index is 13.6. The number of carbonyl (C=O) groups is 1. The Labute approximate surface area is 189 Å². The van der Waals surface area contributed by atoms with Crippen LogP contribution in [0.15, 0.2) is 60.7 Å². The highest BCUT2D eigenvalue weighted by atomic mass is 16.2. The minimum Gasteiger partial charge on any atom is -0.366 e. The SMILES string of the molecule is CN(Cc1ccccc1)Cc1nc2c(n1Cc1ccccc1)C(=O)N(CC1CC1)CCN2. The molecule has 2 aliphatic rings. The van der Waals surface area contributed by atoms with Crippen molar-refractivity contribution in [1.82, 2.24) is 19.4 Å². The van der Waals surface area contributed by atoms with E-state index in [2.05, 4.69) is 58.2 Å². The van der Waals surface area contributed by atoms with E-state index in [4.69, 9.17) is 4.98 Å². The van der Waals surface area contributed by atoms with Crippen LogP contribution in [0.3, 0.4) is 0 Å². The number of anilines is 1. The molecule has 2 heterocycles. The Bertz CT molecular complexity index is 1060. The normalized spacial score (nSPS) is 16.1. The molecular formula is C26H31N5O. The molecule has 3 aromatic rings. The molecule has 0 spiro atoms. The van der Waals surface area contributed by atoms with Crippen LogP contribution in [-0.4, -0.2) is 51.9 Å². The lowest BCUT2D eigenvalue weighted by atomic mass is 10.2. The minimum absolute atomic E-state index is 0.109. The first-order valence-electron chi connectivity index (χ1n) is 11.6. The molecule has 6 nitrogen and oxygen atoms in total. The van der Waals surface area contributed by atoms with Crippen LogP contribution in [0.4, 0.5) is 5.82 Å². The van der Waals surface area contributed by atoms with Gasteiger partial charge in [-0.15, -0.1) is 0 Å². The summed E-state index contributed by atoms with van der Waals surface area (Å²) in [6.07, 6.45) is 2.48. The third kappa shape index (κ3) is 4.70. The summed E-state index contributed by atoms with van der Waals surface area (Å²) in [6.45, 7) is 4.49. The molecule has 0 unspecified atom stereocenters. The monoisotopic (exact) mass is 429 g/mol. The van der Waals surface area contributed by atoms with Crippen molar-refractivity contribution in [1.29, 1.82) is 0 Å². The first-order valence-corrected chi connectivity index (χ1v) is 11.6. The Morgan fingerprint density at radius 1 is 1.00 bits per heavy atom. The van der Waals surface area contributed by atoms with Crippen molar-refractivity contribution in [2.75, 3.05) is 32.0 Å². The summed E-state index contributed by atoms with van der Waals surface area (Å²) in [5.74, 6) is 2.43. The summed E-state index contributed by atoms with van der Waals surface area (Å²) in [6, 6.07) is 20.8. The molecule has 1 aliphatic heterocycles. The zero-order chi connectivity index (χ0) is 21.9. The molecule has 1 N–H and O–H groups in total. The predicted molar refractivity (Wildman–Crippen MR) is 127 cm³/mol. The first-order chi connectivity index (χ1) is 15.7. The molecule has 1 fully saturated rings. The molecule has 0 bridgehead atoms. The highest BCUT2D eigenvalue weighted by Gasteiger charge is 2.33. The topological polar surface area (TPSA) is 53.4 Å². The Morgan fingerprint density at radius 3 is 2.38 bits per heavy atom. The van der Waals surface area contributed by atoms with Crippen molar-refractivity contribution in [2.24, 2.45) is 5.92 Å². The fraction of sp³-hybridized carbons (Fsp3) is 0.385. The van der Waals surface area contributed by atoms with Gasteiger partial charge in [0.25, 0.3) is 5.91 Å². The summed E-state index contributed by atoms with van der Waals surface area (Å²) in [5.41, 5.74) is 3.14. The van der Waals surface area contributed by atoms with Gasteiger partial charge in [0.1, 0.15) is 5.82 Å². The van der Waals surface area contributed by atoms with E-state index >= 15 is 0 Å². The summed E-state index contributed by atoms with van der Waals surface area (Å²) < 4.78 is 2.13. The number of amides is 1. The second kappa shape index (κ2) is 9.17. The van der Waals surface area contributed by atoms with Crippen molar-refractivity contribution in [3.05, 3.63) is 83.3 Å². The number of carbonyl (C=O) groups excluding carboxylic acids is 1. The van der Waals surface area contributed by atoms with Crippen LogP contribution in [0, 0.1) is 5.92 Å². The molecule has 1 saturated carbocycles. The van der Waals surface area contributed by atoms with Gasteiger partial charge in [0.15, 0.2) is 11.5 Å². The van der Waals surface area contributed by atoms with E-state index in [1.165, 1.54) is 24.0 Å². The first kappa shape index (κ1) is 20.8. The third-order valence-electron chi connectivity index (χ3n) is 6.28. The average molecular weight is 430 g/mol. The largest absolute Gasteiger partial charge is 0.366 e. The van der Waals surface area contributed by atoms with E-state index in [1.54, 1.807) is 0 Å². The van der Waals surface area contributed by atoms with Gasteiger partial charge in [-0.1, -0.05) is 60.7 Å². The van der Waals surface area contributed by atoms with Crippen LogP contribution in [0.1, 0.15) is 40.3 Å². The summed E-state index contributed by atoms with van der Waals surface area (Å²) in [7, 11) is 2.11. The third-order valence-corrected chi connectivity index (χ3v) is 6.28. The number of nitrogens with one attached hydrogen (secondary N) is 1. The smallest absolute Gasteiger partial charge is 0.274 e. The van der Waals surface area contributed by atoms with E-state index in [0.29, 0.717) is 24.7 Å². The Kier molecular flexibility index (Phi) is 5.95. The summed E-state index contributed by atoms with van der Waals surface area (Å²) in [4.78, 5) is 22.8. The van der Waals surface area contributed by atoms with Gasteiger partial charge >= 0.3 is 0 Å². The van der Waals surface area contributed by atoms with Crippen molar-refractivity contribution >= 4 is 11.7 Å². The zero-order valence-corrected chi connectivity index (χ0v) is 18.7. The fourth-order valence-corrected chi connectivity index (χ4v) is 4.44. The van der Waals surface area contributed by atoms with Gasteiger partial charge in [0.2, 0.25) is 0 Å². The lowest BCUT2D eigenvalue weighted by Gasteiger charge is -2.22. The number of hydrogen-bond acceptors (Lipinski definition) is 4. The number of hydrogen-bond donors (Lipinski definition) is 1. The highest BCUT2D eigenvalue weighted by molar-refractivity contribution is 5.98. The standard InChI is InChI=1S/C26H31N5O/c1-29(16-20-8-4-2-5-9-20)19-23-28-25-24(31(23)18-21-10-6-3-7-11-21)26(32)30(15-14-27-25)17-22-12-13-22/h2-11,22,27H,12-19H2,1H3. The van der Waals surface area contributed by atoms with Gasteiger partial charge in [-0.25, -0.2) is 4.98 Å². The van der Waals surface area contributed by atoms with Crippen molar-refractivity contribution in [3.63, 3.8) is 0 Å². The van der Waals surface area contributed by atoms with E-state index in [-0.39, 0.29) is 5.91 Å². The number of aromatic nitrogens is 2. The molecule has 0 radical (unpaired) electrons. The lowest BCUT2D eigenvalue weighted by molar-refractivity contribution is 0.0749. The Hall–Kier alpha value is -3.12. The molecule has 0 atom stereocenters. The number of benzene rings is 2. The van der Waals surface area contributed by atoms with E-state index < -0.39 is 0 Å². The quantitative estimate of drug-likeness (QED) is 0.591. The van der Waals surface area contributed by atoms with E-state index in [9.17, 15) is 4.79 Å². The van der Waals surface area contributed by atoms with E-state index in [0.717, 1.165) is 37.8 Å². The molecule has 32 heavy (non-hydrogen) atoms. The molecule has 2 aromatic carbocycles. The average Bonchev–Trinajstić information content (AvgIpc) is 3.58. The van der Waals surface area contributed by atoms with Gasteiger partial charge in [-0.05, 0) is 36.9 Å². The lowest BCUT2D eigenvalue weighted by Crippen LogP contribution is -2.35. The van der Waals surface area contributed by atoms with Crippen LogP contribution in [-0.2, 0) is 19.6 Å². The van der Waals surface area contributed by atoms with Crippen molar-refractivity contribution in [2.45, 2.75) is 32.5 Å². The zero-order valence-electron chi connectivity index (χ0n) is 18.7. The van der Waals surface area contributed by atoms with Crippen LogP contribution in [0.2, 0.25) is 0 Å². The maximum Gasteiger partial charge on any atom is 0.274 e. The predicted octanol–water partition coefficient (Wildman–Crippen LogP) is 3.84. The van der Waals surface area contributed by atoms with Crippen molar-refractivity contribution < 1.29 is 4.79 Å². The number of fused-ring (bicyclic) bond motifs is 1. The molecule has 1 aliphatic carbocycles. The second-order valence-corrected chi connectivity index (χ2v) is 9.08. The van der Waals surface area contributed by atoms with Crippen LogP contribution < -0.4 is 5.32 Å². The van der Waals surface area contributed by atoms with Gasteiger partial charge in [0, 0.05) is 32.7 Å². The molecule has 1 aromatic heterocycles. The van der Waals surface area contributed by atoms with Gasteiger partial charge in [-0.3, -0.25) is 9.69 Å². The summed E-state index contributed by atoms with van der Waals surface area (Å²) >= 11 is 0. The van der Waals surface area contributed by atoms with Gasteiger partial charge in [0.05, 0.1) is 6.54 Å². The Balaban J connectivity index is 1.45. The highest BCUT2D eigenvalue weighted by Crippen LogP contribution is 2.32. The molecule has 0 saturated heterocycles. The molecule has 1 amide bonds.